The molecule has 11 heteroatoms. The summed E-state index contributed by atoms with van der Waals surface area (Å²) in [6.07, 6.45) is 3.13. The zero-order chi connectivity index (χ0) is 25.8. The molecule has 0 aromatic heterocycles. The van der Waals surface area contributed by atoms with Crippen molar-refractivity contribution in [3.63, 3.8) is 0 Å². The van der Waals surface area contributed by atoms with Crippen LogP contribution < -0.4 is 10.1 Å². The lowest BCUT2D eigenvalue weighted by Crippen LogP contribution is -2.34. The highest BCUT2D eigenvalue weighted by Gasteiger charge is 2.36. The van der Waals surface area contributed by atoms with Crippen LogP contribution in [-0.4, -0.2) is 46.5 Å². The lowest BCUT2D eigenvalue weighted by atomic mass is 9.87. The van der Waals surface area contributed by atoms with E-state index in [1.807, 2.05) is 12.1 Å². The van der Waals surface area contributed by atoms with Crippen molar-refractivity contribution in [2.45, 2.75) is 24.3 Å². The summed E-state index contributed by atoms with van der Waals surface area (Å²) in [5.41, 5.74) is 1.16. The van der Waals surface area contributed by atoms with Gasteiger partial charge in [-0.15, -0.1) is 11.6 Å². The topological polar surface area (TPSA) is 128 Å². The number of nitrogens with one attached hydrogen (secondary N) is 1. The molecule has 0 spiro atoms. The van der Waals surface area contributed by atoms with Crippen molar-refractivity contribution in [3.05, 3.63) is 92.2 Å². The Balaban J connectivity index is 1.45. The second-order valence-electron chi connectivity index (χ2n) is 8.28. The van der Waals surface area contributed by atoms with Gasteiger partial charge < -0.3 is 19.9 Å². The van der Waals surface area contributed by atoms with E-state index in [0.29, 0.717) is 35.7 Å². The maximum absolute atomic E-state index is 12.6. The van der Waals surface area contributed by atoms with Crippen molar-refractivity contribution >= 4 is 40.8 Å². The number of ether oxygens (including phenoxy) is 2. The monoisotopic (exact) mass is 532 g/mol. The van der Waals surface area contributed by atoms with Gasteiger partial charge in [0.1, 0.15) is 11.9 Å². The van der Waals surface area contributed by atoms with Gasteiger partial charge in [-0.1, -0.05) is 29.8 Å². The molecule has 188 valence electrons. The van der Waals surface area contributed by atoms with E-state index in [1.165, 1.54) is 18.2 Å². The average Bonchev–Trinajstić information content (AvgIpc) is 2.85. The third kappa shape index (κ3) is 5.80. The van der Waals surface area contributed by atoms with E-state index < -0.39 is 39.9 Å². The minimum atomic E-state index is -0.976. The number of hydrogen-bond donors (Lipinski definition) is 2. The number of aliphatic carboxylic acids is 1. The Kier molecular flexibility index (Phi) is 7.81. The fourth-order valence-electron chi connectivity index (χ4n) is 4.02. The van der Waals surface area contributed by atoms with E-state index in [1.54, 1.807) is 18.2 Å². The average molecular weight is 533 g/mol. The minimum absolute atomic E-state index is 0.0762. The Hall–Kier alpha value is -3.56. The van der Waals surface area contributed by atoms with Crippen molar-refractivity contribution < 1.29 is 29.1 Å². The van der Waals surface area contributed by atoms with Crippen LogP contribution in [0.25, 0.3) is 0 Å². The first-order chi connectivity index (χ1) is 17.2. The maximum atomic E-state index is 12.6. The van der Waals surface area contributed by atoms with Crippen LogP contribution in [0, 0.1) is 16.0 Å². The molecule has 1 fully saturated rings. The molecule has 0 radical (unpaired) electrons. The molecule has 1 saturated heterocycles. The van der Waals surface area contributed by atoms with Gasteiger partial charge in [-0.05, 0) is 42.7 Å². The molecule has 2 aliphatic rings. The van der Waals surface area contributed by atoms with Crippen molar-refractivity contribution in [2.75, 3.05) is 13.2 Å². The SMILES string of the molecule is O=C(NCCc1ccc(Cl)cc1)c1ccc(OC2C=C3OCCC(C(=O)O)C3=C[C@H]2Cl)c([N+](=O)[O-])c1. The number of halogens is 2. The zero-order valence-electron chi connectivity index (χ0n) is 18.9. The molecule has 0 bridgehead atoms. The first-order valence-electron chi connectivity index (χ1n) is 11.1. The van der Waals surface area contributed by atoms with Crippen molar-refractivity contribution in [3.8, 4) is 5.75 Å². The second-order valence-corrected chi connectivity index (χ2v) is 9.22. The van der Waals surface area contributed by atoms with E-state index in [4.69, 9.17) is 32.7 Å². The number of carbonyl (C=O) groups is 2. The fourth-order valence-corrected chi connectivity index (χ4v) is 4.41. The molecular formula is C25H22Cl2N2O7. The normalized spacial score (nSPS) is 20.8. The number of amides is 1. The van der Waals surface area contributed by atoms with Gasteiger partial charge in [0.2, 0.25) is 0 Å². The summed E-state index contributed by atoms with van der Waals surface area (Å²) >= 11 is 12.3. The number of carbonyl (C=O) groups excluding carboxylic acids is 1. The van der Waals surface area contributed by atoms with Gasteiger partial charge in [0.15, 0.2) is 5.75 Å². The number of benzene rings is 2. The zero-order valence-corrected chi connectivity index (χ0v) is 20.4. The predicted octanol–water partition coefficient (Wildman–Crippen LogP) is 4.52. The van der Waals surface area contributed by atoms with Gasteiger partial charge in [-0.25, -0.2) is 0 Å². The Bertz CT molecular complexity index is 1240. The molecule has 0 saturated carbocycles. The Morgan fingerprint density at radius 1 is 1.19 bits per heavy atom. The lowest BCUT2D eigenvalue weighted by molar-refractivity contribution is -0.386. The van der Waals surface area contributed by atoms with Gasteiger partial charge in [-0.3, -0.25) is 19.7 Å². The van der Waals surface area contributed by atoms with Crippen molar-refractivity contribution in [1.29, 1.82) is 0 Å². The molecule has 2 unspecified atom stereocenters. The van der Waals surface area contributed by atoms with E-state index in [9.17, 15) is 24.8 Å². The van der Waals surface area contributed by atoms with Gasteiger partial charge in [0.05, 0.1) is 22.8 Å². The number of allylic oxidation sites excluding steroid dienone is 1. The number of rotatable bonds is 8. The quantitative estimate of drug-likeness (QED) is 0.290. The Labute approximate surface area is 216 Å². The van der Waals surface area contributed by atoms with Crippen LogP contribution in [0.4, 0.5) is 5.69 Å². The third-order valence-electron chi connectivity index (χ3n) is 5.88. The molecule has 4 rings (SSSR count). The van der Waals surface area contributed by atoms with E-state index >= 15 is 0 Å². The Morgan fingerprint density at radius 3 is 2.64 bits per heavy atom. The van der Waals surface area contributed by atoms with E-state index in [-0.39, 0.29) is 17.9 Å². The number of carboxylic acid groups (broad SMARTS) is 1. The first-order valence-corrected chi connectivity index (χ1v) is 12.0. The minimum Gasteiger partial charge on any atom is -0.493 e. The largest absolute Gasteiger partial charge is 0.493 e. The molecule has 36 heavy (non-hydrogen) atoms. The molecule has 1 heterocycles. The summed E-state index contributed by atoms with van der Waals surface area (Å²) in [6.45, 7) is 0.559. The summed E-state index contributed by atoms with van der Waals surface area (Å²) in [4.78, 5) is 35.2. The molecule has 2 aromatic rings. The molecule has 9 nitrogen and oxygen atoms in total. The third-order valence-corrected chi connectivity index (χ3v) is 6.51. The number of nitrogens with zero attached hydrogens (tertiary/aromatic N) is 1. The highest BCUT2D eigenvalue weighted by molar-refractivity contribution is 6.30. The summed E-state index contributed by atoms with van der Waals surface area (Å²) in [6, 6.07) is 11.1. The first kappa shape index (κ1) is 25.5. The highest BCUT2D eigenvalue weighted by atomic mass is 35.5. The molecular weight excluding hydrogens is 511 g/mol. The van der Waals surface area contributed by atoms with E-state index in [0.717, 1.165) is 11.6 Å². The number of alkyl halides is 1. The van der Waals surface area contributed by atoms with E-state index in [2.05, 4.69) is 5.32 Å². The molecule has 2 aromatic carbocycles. The van der Waals surface area contributed by atoms with Crippen LogP contribution in [0.1, 0.15) is 22.3 Å². The molecule has 1 amide bonds. The predicted molar refractivity (Wildman–Crippen MR) is 133 cm³/mol. The van der Waals surface area contributed by atoms with Crippen molar-refractivity contribution in [2.24, 2.45) is 5.92 Å². The standard InChI is InChI=1S/C25H22Cl2N2O7/c26-16-4-1-14(2-5-16)7-9-28-24(30)15-3-6-21(20(11-15)29(33)34)36-23-13-22-18(12-19(23)27)17(25(31)32)8-10-35-22/h1-6,11-13,17,19,23H,7-10H2,(H,28,30)(H,31,32)/t17?,19-,23?/m1/s1. The van der Waals surface area contributed by atoms with Gasteiger partial charge in [-0.2, -0.15) is 0 Å². The molecule has 2 N–H and O–H groups in total. The van der Waals surface area contributed by atoms with Gasteiger partial charge in [0.25, 0.3) is 5.91 Å². The number of carboxylic acids is 1. The lowest BCUT2D eigenvalue weighted by Gasteiger charge is -2.32. The summed E-state index contributed by atoms with van der Waals surface area (Å²) in [5, 5.41) is 23.8. The van der Waals surface area contributed by atoms with Crippen LogP contribution in [0.15, 0.2) is 65.9 Å². The maximum Gasteiger partial charge on any atom is 0.311 e. The number of hydrogen-bond acceptors (Lipinski definition) is 6. The number of nitro groups is 1. The Morgan fingerprint density at radius 2 is 1.94 bits per heavy atom. The smallest absolute Gasteiger partial charge is 0.311 e. The van der Waals surface area contributed by atoms with Crippen LogP contribution in [0.3, 0.4) is 0 Å². The molecule has 1 aliphatic heterocycles. The van der Waals surface area contributed by atoms with Gasteiger partial charge in [0, 0.05) is 34.8 Å². The summed E-state index contributed by atoms with van der Waals surface area (Å²) < 4.78 is 11.4. The van der Waals surface area contributed by atoms with Crippen LogP contribution >= 0.6 is 23.2 Å². The summed E-state index contributed by atoms with van der Waals surface area (Å²) in [5.74, 6) is -1.91. The van der Waals surface area contributed by atoms with Crippen LogP contribution in [0.5, 0.6) is 5.75 Å². The summed E-state index contributed by atoms with van der Waals surface area (Å²) in [7, 11) is 0. The van der Waals surface area contributed by atoms with Gasteiger partial charge >= 0.3 is 11.7 Å². The van der Waals surface area contributed by atoms with Crippen molar-refractivity contribution in [1.82, 2.24) is 5.32 Å². The highest BCUT2D eigenvalue weighted by Crippen LogP contribution is 2.37. The molecule has 3 atom stereocenters. The second kappa shape index (κ2) is 11.0. The van der Waals surface area contributed by atoms with Crippen LogP contribution in [0.2, 0.25) is 5.02 Å². The fraction of sp³-hybridized carbons (Fsp3) is 0.280. The number of fused-ring (bicyclic) bond motifs is 1. The number of nitro benzene ring substituents is 1. The van der Waals surface area contributed by atoms with Crippen LogP contribution in [-0.2, 0) is 16.0 Å². The molecule has 1 aliphatic carbocycles.